The Bertz CT molecular complexity index is 597. The average Bonchev–Trinajstić information content (AvgIpc) is 2.37. The minimum absolute atomic E-state index is 0.208. The van der Waals surface area contributed by atoms with Crippen LogP contribution in [0.2, 0.25) is 0 Å². The summed E-state index contributed by atoms with van der Waals surface area (Å²) < 4.78 is 37.9. The second-order valence-electron chi connectivity index (χ2n) is 3.97. The van der Waals surface area contributed by atoms with Gasteiger partial charge in [0.05, 0.1) is 17.9 Å². The summed E-state index contributed by atoms with van der Waals surface area (Å²) in [5, 5.41) is 9.19. The Hall–Kier alpha value is -2.08. The van der Waals surface area contributed by atoms with Crippen molar-refractivity contribution in [2.75, 3.05) is 5.73 Å². The Kier molecular flexibility index (Phi) is 3.44. The number of halogens is 3. The monoisotopic (exact) mass is 268 g/mol. The number of aromatic nitrogens is 1. The largest absolute Gasteiger partial charge is 0.416 e. The second-order valence-corrected chi connectivity index (χ2v) is 3.97. The van der Waals surface area contributed by atoms with Crippen LogP contribution < -0.4 is 5.73 Å². The Morgan fingerprint density at radius 1 is 1.16 bits per heavy atom. The number of alkyl halides is 3. The Labute approximate surface area is 107 Å². The fourth-order valence-corrected chi connectivity index (χ4v) is 1.76. The zero-order valence-corrected chi connectivity index (χ0v) is 9.78. The molecule has 0 atom stereocenters. The van der Waals surface area contributed by atoms with Gasteiger partial charge < -0.3 is 10.8 Å². The van der Waals surface area contributed by atoms with Gasteiger partial charge in [-0.25, -0.2) is 4.98 Å². The lowest BCUT2D eigenvalue weighted by atomic mass is 10.0. The van der Waals surface area contributed by atoms with E-state index in [1.807, 2.05) is 0 Å². The number of nitrogen functional groups attached to an aromatic ring is 1. The highest BCUT2D eigenvalue weighted by atomic mass is 19.4. The third kappa shape index (κ3) is 2.85. The number of aliphatic hydroxyl groups is 1. The molecule has 0 aliphatic rings. The fourth-order valence-electron chi connectivity index (χ4n) is 1.76. The van der Waals surface area contributed by atoms with Crippen molar-refractivity contribution in [1.29, 1.82) is 0 Å². The van der Waals surface area contributed by atoms with Crippen molar-refractivity contribution >= 4 is 5.82 Å². The zero-order valence-electron chi connectivity index (χ0n) is 9.78. The molecule has 1 heterocycles. The van der Waals surface area contributed by atoms with Gasteiger partial charge in [0.25, 0.3) is 0 Å². The number of rotatable bonds is 2. The normalized spacial score (nSPS) is 11.6. The lowest BCUT2D eigenvalue weighted by molar-refractivity contribution is -0.137. The summed E-state index contributed by atoms with van der Waals surface area (Å²) in [6.07, 6.45) is -4.41. The van der Waals surface area contributed by atoms with Crippen LogP contribution >= 0.6 is 0 Å². The minimum Gasteiger partial charge on any atom is -0.390 e. The summed E-state index contributed by atoms with van der Waals surface area (Å²) in [6.45, 7) is -0.392. The van der Waals surface area contributed by atoms with E-state index in [0.29, 0.717) is 11.1 Å². The maximum Gasteiger partial charge on any atom is 0.416 e. The molecule has 0 saturated carbocycles. The first-order chi connectivity index (χ1) is 8.91. The van der Waals surface area contributed by atoms with E-state index < -0.39 is 18.3 Å². The summed E-state index contributed by atoms with van der Waals surface area (Å²) in [7, 11) is 0. The summed E-state index contributed by atoms with van der Waals surface area (Å²) in [5.74, 6) is 0.208. The molecule has 1 aromatic carbocycles. The topological polar surface area (TPSA) is 59.1 Å². The highest BCUT2D eigenvalue weighted by molar-refractivity contribution is 5.67. The van der Waals surface area contributed by atoms with Crippen LogP contribution in [0.15, 0.2) is 36.4 Å². The van der Waals surface area contributed by atoms with E-state index in [-0.39, 0.29) is 11.5 Å². The molecule has 0 aliphatic carbocycles. The van der Waals surface area contributed by atoms with Gasteiger partial charge in [0.1, 0.15) is 5.82 Å². The standard InChI is InChI=1S/C13H11F3N2O/c14-13(15,16)9-3-1-2-8(6-9)10-4-5-12(17)18-11(10)7-19/h1-6,19H,7H2,(H2,17,18). The van der Waals surface area contributed by atoms with Crippen LogP contribution in [0.5, 0.6) is 0 Å². The van der Waals surface area contributed by atoms with Crippen molar-refractivity contribution in [1.82, 2.24) is 4.98 Å². The molecule has 0 bridgehead atoms. The first kappa shape index (κ1) is 13.4. The maximum absolute atomic E-state index is 12.6. The fraction of sp³-hybridized carbons (Fsp3) is 0.154. The number of pyridine rings is 1. The van der Waals surface area contributed by atoms with Gasteiger partial charge >= 0.3 is 6.18 Å². The molecule has 0 saturated heterocycles. The SMILES string of the molecule is Nc1ccc(-c2cccc(C(F)(F)F)c2)c(CO)n1. The molecule has 0 fully saturated rings. The van der Waals surface area contributed by atoms with Gasteiger partial charge in [-0.15, -0.1) is 0 Å². The number of hydrogen-bond acceptors (Lipinski definition) is 3. The lowest BCUT2D eigenvalue weighted by Crippen LogP contribution is -2.05. The first-order valence-corrected chi connectivity index (χ1v) is 5.45. The molecular weight excluding hydrogens is 257 g/mol. The molecule has 0 unspecified atom stereocenters. The van der Waals surface area contributed by atoms with E-state index in [4.69, 9.17) is 5.73 Å². The van der Waals surface area contributed by atoms with Gasteiger partial charge in [0.2, 0.25) is 0 Å². The van der Waals surface area contributed by atoms with Crippen molar-refractivity contribution in [2.24, 2.45) is 0 Å². The van der Waals surface area contributed by atoms with Crippen molar-refractivity contribution in [3.8, 4) is 11.1 Å². The Balaban J connectivity index is 2.53. The quantitative estimate of drug-likeness (QED) is 0.880. The Morgan fingerprint density at radius 3 is 2.53 bits per heavy atom. The van der Waals surface area contributed by atoms with Crippen molar-refractivity contribution < 1.29 is 18.3 Å². The number of benzene rings is 1. The molecule has 0 radical (unpaired) electrons. The molecule has 0 amide bonds. The molecular formula is C13H11F3N2O. The molecule has 3 N–H and O–H groups in total. The predicted molar refractivity (Wildman–Crippen MR) is 65.0 cm³/mol. The van der Waals surface area contributed by atoms with Crippen LogP contribution in [0.4, 0.5) is 19.0 Å². The van der Waals surface area contributed by atoms with Gasteiger partial charge in [-0.2, -0.15) is 13.2 Å². The first-order valence-electron chi connectivity index (χ1n) is 5.45. The summed E-state index contributed by atoms with van der Waals surface area (Å²) in [5.41, 5.74) is 5.76. The van der Waals surface area contributed by atoms with E-state index in [2.05, 4.69) is 4.98 Å². The van der Waals surface area contributed by atoms with Gasteiger partial charge in [0, 0.05) is 5.56 Å². The van der Waals surface area contributed by atoms with Crippen LogP contribution in [0.3, 0.4) is 0 Å². The highest BCUT2D eigenvalue weighted by Crippen LogP contribution is 2.33. The third-order valence-electron chi connectivity index (χ3n) is 2.65. The van der Waals surface area contributed by atoms with Crippen LogP contribution in [0, 0.1) is 0 Å². The van der Waals surface area contributed by atoms with Gasteiger partial charge in [-0.1, -0.05) is 12.1 Å². The summed E-state index contributed by atoms with van der Waals surface area (Å²) >= 11 is 0. The molecule has 0 aliphatic heterocycles. The van der Waals surface area contributed by atoms with Crippen LogP contribution in [0.1, 0.15) is 11.3 Å². The van der Waals surface area contributed by atoms with E-state index in [1.165, 1.54) is 18.2 Å². The number of anilines is 1. The molecule has 2 rings (SSSR count). The van der Waals surface area contributed by atoms with Gasteiger partial charge in [-0.05, 0) is 29.8 Å². The lowest BCUT2D eigenvalue weighted by Gasteiger charge is -2.11. The molecule has 3 nitrogen and oxygen atoms in total. The highest BCUT2D eigenvalue weighted by Gasteiger charge is 2.30. The van der Waals surface area contributed by atoms with Crippen LogP contribution in [-0.4, -0.2) is 10.1 Å². The molecule has 6 heteroatoms. The number of nitrogens with zero attached hydrogens (tertiary/aromatic N) is 1. The second kappa shape index (κ2) is 4.89. The number of hydrogen-bond donors (Lipinski definition) is 2. The minimum atomic E-state index is -4.41. The molecule has 100 valence electrons. The smallest absolute Gasteiger partial charge is 0.390 e. The van der Waals surface area contributed by atoms with Crippen molar-refractivity contribution in [3.05, 3.63) is 47.7 Å². The molecule has 19 heavy (non-hydrogen) atoms. The van der Waals surface area contributed by atoms with Crippen molar-refractivity contribution in [3.63, 3.8) is 0 Å². The predicted octanol–water partition coefficient (Wildman–Crippen LogP) is 2.84. The Morgan fingerprint density at radius 2 is 1.89 bits per heavy atom. The van der Waals surface area contributed by atoms with E-state index in [9.17, 15) is 18.3 Å². The maximum atomic E-state index is 12.6. The number of nitrogens with two attached hydrogens (primary N) is 1. The summed E-state index contributed by atoms with van der Waals surface area (Å²) in [4.78, 5) is 3.91. The number of aliphatic hydroxyl groups excluding tert-OH is 1. The van der Waals surface area contributed by atoms with Gasteiger partial charge in [-0.3, -0.25) is 0 Å². The van der Waals surface area contributed by atoms with Crippen molar-refractivity contribution in [2.45, 2.75) is 12.8 Å². The van der Waals surface area contributed by atoms with Crippen LogP contribution in [-0.2, 0) is 12.8 Å². The molecule has 1 aromatic heterocycles. The third-order valence-corrected chi connectivity index (χ3v) is 2.65. The van der Waals surface area contributed by atoms with Gasteiger partial charge in [0.15, 0.2) is 0 Å². The molecule has 2 aromatic rings. The van der Waals surface area contributed by atoms with E-state index >= 15 is 0 Å². The van der Waals surface area contributed by atoms with Crippen LogP contribution in [0.25, 0.3) is 11.1 Å². The molecule has 0 spiro atoms. The summed E-state index contributed by atoms with van der Waals surface area (Å²) in [6, 6.07) is 7.88. The average molecular weight is 268 g/mol. The zero-order chi connectivity index (χ0) is 14.0. The van der Waals surface area contributed by atoms with E-state index in [1.54, 1.807) is 6.07 Å². The van der Waals surface area contributed by atoms with E-state index in [0.717, 1.165) is 12.1 Å².